The lowest BCUT2D eigenvalue weighted by Gasteiger charge is -2.33. The van der Waals surface area contributed by atoms with Gasteiger partial charge in [0.25, 0.3) is 0 Å². The van der Waals surface area contributed by atoms with Crippen molar-refractivity contribution >= 4 is 11.8 Å². The lowest BCUT2D eigenvalue weighted by atomic mass is 10.1. The number of piperazine rings is 1. The van der Waals surface area contributed by atoms with Crippen molar-refractivity contribution in [3.05, 3.63) is 0 Å². The minimum atomic E-state index is -0.266. The number of carbonyl (C=O) groups is 2. The molecule has 80 valence electrons. The van der Waals surface area contributed by atoms with Crippen LogP contribution in [0.5, 0.6) is 0 Å². The smallest absolute Gasteiger partial charge is 0.248 e. The SMILES string of the molecule is CCC1C(=O)NCCN1CC(=O)NN. The molecule has 1 aliphatic rings. The Kier molecular flexibility index (Phi) is 3.84. The van der Waals surface area contributed by atoms with Gasteiger partial charge in [-0.3, -0.25) is 19.9 Å². The third kappa shape index (κ3) is 2.43. The van der Waals surface area contributed by atoms with Crippen molar-refractivity contribution in [3.8, 4) is 0 Å². The number of amides is 2. The van der Waals surface area contributed by atoms with Crippen molar-refractivity contribution in [2.45, 2.75) is 19.4 Å². The largest absolute Gasteiger partial charge is 0.353 e. The Morgan fingerprint density at radius 3 is 3.07 bits per heavy atom. The van der Waals surface area contributed by atoms with Crippen LogP contribution in [0.25, 0.3) is 0 Å². The molecule has 1 atom stereocenters. The Morgan fingerprint density at radius 1 is 1.79 bits per heavy atom. The van der Waals surface area contributed by atoms with Gasteiger partial charge in [-0.15, -0.1) is 0 Å². The lowest BCUT2D eigenvalue weighted by Crippen LogP contribution is -2.57. The third-order valence-electron chi connectivity index (χ3n) is 2.34. The number of hydrogen-bond acceptors (Lipinski definition) is 4. The first kappa shape index (κ1) is 10.9. The second-order valence-electron chi connectivity index (χ2n) is 3.25. The molecule has 1 saturated heterocycles. The van der Waals surface area contributed by atoms with E-state index in [1.54, 1.807) is 0 Å². The van der Waals surface area contributed by atoms with Gasteiger partial charge in [-0.1, -0.05) is 6.92 Å². The zero-order valence-electron chi connectivity index (χ0n) is 8.25. The van der Waals surface area contributed by atoms with Crippen LogP contribution >= 0.6 is 0 Å². The fourth-order valence-corrected chi connectivity index (χ4v) is 1.63. The van der Waals surface area contributed by atoms with Crippen LogP contribution in [0.2, 0.25) is 0 Å². The van der Waals surface area contributed by atoms with E-state index in [9.17, 15) is 9.59 Å². The zero-order valence-corrected chi connectivity index (χ0v) is 8.25. The van der Waals surface area contributed by atoms with Gasteiger partial charge in [0.2, 0.25) is 11.8 Å². The molecule has 14 heavy (non-hydrogen) atoms. The van der Waals surface area contributed by atoms with E-state index < -0.39 is 0 Å². The molecule has 0 saturated carbocycles. The molecule has 1 rings (SSSR count). The molecule has 0 spiro atoms. The van der Waals surface area contributed by atoms with Gasteiger partial charge in [0, 0.05) is 13.1 Å². The van der Waals surface area contributed by atoms with Gasteiger partial charge in [-0.2, -0.15) is 0 Å². The topological polar surface area (TPSA) is 87.5 Å². The summed E-state index contributed by atoms with van der Waals surface area (Å²) in [6, 6.07) is -0.207. The van der Waals surface area contributed by atoms with E-state index in [1.165, 1.54) is 0 Å². The molecule has 2 amide bonds. The highest BCUT2D eigenvalue weighted by Crippen LogP contribution is 2.07. The van der Waals surface area contributed by atoms with Gasteiger partial charge >= 0.3 is 0 Å². The summed E-state index contributed by atoms with van der Waals surface area (Å²) < 4.78 is 0. The van der Waals surface area contributed by atoms with Gasteiger partial charge in [-0.25, -0.2) is 5.84 Å². The Morgan fingerprint density at radius 2 is 2.50 bits per heavy atom. The predicted molar refractivity (Wildman–Crippen MR) is 51.0 cm³/mol. The van der Waals surface area contributed by atoms with Crippen LogP contribution in [0.4, 0.5) is 0 Å². The normalized spacial score (nSPS) is 23.0. The number of rotatable bonds is 3. The molecule has 4 N–H and O–H groups in total. The number of carbonyl (C=O) groups excluding carboxylic acids is 2. The molecule has 0 aromatic carbocycles. The minimum absolute atomic E-state index is 0.0106. The fraction of sp³-hybridized carbons (Fsp3) is 0.750. The maximum Gasteiger partial charge on any atom is 0.248 e. The van der Waals surface area contributed by atoms with E-state index >= 15 is 0 Å². The number of nitrogens with two attached hydrogens (primary N) is 1. The first-order valence-corrected chi connectivity index (χ1v) is 4.70. The van der Waals surface area contributed by atoms with Gasteiger partial charge in [-0.05, 0) is 6.42 Å². The Balaban J connectivity index is 2.56. The standard InChI is InChI=1S/C8H16N4O2/c1-2-6-8(14)10-3-4-12(6)5-7(13)11-9/h6H,2-5,9H2,1H3,(H,10,14)(H,11,13). The van der Waals surface area contributed by atoms with Crippen LogP contribution in [-0.2, 0) is 9.59 Å². The number of hydrazine groups is 1. The van der Waals surface area contributed by atoms with E-state index in [0.29, 0.717) is 19.5 Å². The van der Waals surface area contributed by atoms with Crippen molar-refractivity contribution in [3.63, 3.8) is 0 Å². The summed E-state index contributed by atoms with van der Waals surface area (Å²) in [7, 11) is 0. The highest BCUT2D eigenvalue weighted by molar-refractivity contribution is 5.84. The van der Waals surface area contributed by atoms with Crippen LogP contribution < -0.4 is 16.6 Å². The molecule has 0 aromatic heterocycles. The van der Waals surface area contributed by atoms with Crippen molar-refractivity contribution < 1.29 is 9.59 Å². The summed E-state index contributed by atoms with van der Waals surface area (Å²) in [6.07, 6.45) is 0.698. The zero-order chi connectivity index (χ0) is 10.6. The third-order valence-corrected chi connectivity index (χ3v) is 2.34. The van der Waals surface area contributed by atoms with Crippen molar-refractivity contribution in [1.82, 2.24) is 15.6 Å². The molecule has 1 heterocycles. The summed E-state index contributed by atoms with van der Waals surface area (Å²) in [5.41, 5.74) is 2.06. The second-order valence-corrected chi connectivity index (χ2v) is 3.25. The lowest BCUT2D eigenvalue weighted by molar-refractivity contribution is -0.131. The molecule has 6 heteroatoms. The fourth-order valence-electron chi connectivity index (χ4n) is 1.63. The van der Waals surface area contributed by atoms with Gasteiger partial charge in [0.1, 0.15) is 0 Å². The molecular weight excluding hydrogens is 184 g/mol. The summed E-state index contributed by atoms with van der Waals surface area (Å²) in [5, 5.41) is 2.76. The molecule has 0 bridgehead atoms. The summed E-state index contributed by atoms with van der Waals surface area (Å²) in [6.45, 7) is 3.39. The first-order valence-electron chi connectivity index (χ1n) is 4.70. The highest BCUT2D eigenvalue weighted by Gasteiger charge is 2.28. The number of nitrogens with zero attached hydrogens (tertiary/aromatic N) is 1. The Labute approximate surface area is 82.8 Å². The van der Waals surface area contributed by atoms with E-state index in [4.69, 9.17) is 5.84 Å². The summed E-state index contributed by atoms with van der Waals surface area (Å²) in [4.78, 5) is 24.3. The van der Waals surface area contributed by atoms with Crippen LogP contribution in [0.15, 0.2) is 0 Å². The van der Waals surface area contributed by atoms with Crippen LogP contribution in [-0.4, -0.2) is 42.4 Å². The molecule has 1 aliphatic heterocycles. The van der Waals surface area contributed by atoms with Crippen molar-refractivity contribution in [2.75, 3.05) is 19.6 Å². The molecule has 1 fully saturated rings. The predicted octanol–water partition coefficient (Wildman–Crippen LogP) is -1.81. The van der Waals surface area contributed by atoms with E-state index in [-0.39, 0.29) is 24.4 Å². The minimum Gasteiger partial charge on any atom is -0.353 e. The maximum absolute atomic E-state index is 11.4. The van der Waals surface area contributed by atoms with Crippen LogP contribution in [0.3, 0.4) is 0 Å². The molecule has 6 nitrogen and oxygen atoms in total. The molecule has 0 aromatic rings. The summed E-state index contributed by atoms with van der Waals surface area (Å²) >= 11 is 0. The van der Waals surface area contributed by atoms with Gasteiger partial charge < -0.3 is 5.32 Å². The van der Waals surface area contributed by atoms with E-state index in [1.807, 2.05) is 11.8 Å². The molecule has 1 unspecified atom stereocenters. The van der Waals surface area contributed by atoms with Crippen molar-refractivity contribution in [1.29, 1.82) is 0 Å². The van der Waals surface area contributed by atoms with Crippen molar-refractivity contribution in [2.24, 2.45) is 5.84 Å². The average molecular weight is 200 g/mol. The second kappa shape index (κ2) is 4.92. The monoisotopic (exact) mass is 200 g/mol. The number of nitrogens with one attached hydrogen (secondary N) is 2. The van der Waals surface area contributed by atoms with Crippen LogP contribution in [0, 0.1) is 0 Å². The molecular formula is C8H16N4O2. The maximum atomic E-state index is 11.4. The van der Waals surface area contributed by atoms with E-state index in [0.717, 1.165) is 0 Å². The first-order chi connectivity index (χ1) is 6.69. The van der Waals surface area contributed by atoms with Gasteiger partial charge in [0.05, 0.1) is 12.6 Å². The van der Waals surface area contributed by atoms with Gasteiger partial charge in [0.15, 0.2) is 0 Å². The highest BCUT2D eigenvalue weighted by atomic mass is 16.2. The van der Waals surface area contributed by atoms with E-state index in [2.05, 4.69) is 10.7 Å². The molecule has 0 aliphatic carbocycles. The number of hydrogen-bond donors (Lipinski definition) is 3. The summed E-state index contributed by atoms with van der Waals surface area (Å²) in [5.74, 6) is 4.71. The Hall–Kier alpha value is -1.14. The van der Waals surface area contributed by atoms with Crippen LogP contribution in [0.1, 0.15) is 13.3 Å². The average Bonchev–Trinajstić information content (AvgIpc) is 2.18. The Bertz CT molecular complexity index is 231. The quantitative estimate of drug-likeness (QED) is 0.284. The molecule has 0 radical (unpaired) electrons.